The Bertz CT molecular complexity index is 405. The van der Waals surface area contributed by atoms with E-state index in [0.717, 1.165) is 10.3 Å². The van der Waals surface area contributed by atoms with Crippen LogP contribution in [-0.4, -0.2) is 31.2 Å². The van der Waals surface area contributed by atoms with Crippen molar-refractivity contribution < 1.29 is 0 Å². The van der Waals surface area contributed by atoms with E-state index in [1.54, 1.807) is 6.20 Å². The monoisotopic (exact) mass is 331 g/mol. The van der Waals surface area contributed by atoms with Crippen LogP contribution in [0.15, 0.2) is 16.7 Å². The maximum atomic E-state index is 5.93. The molecule has 18 heavy (non-hydrogen) atoms. The lowest BCUT2D eigenvalue weighted by Crippen LogP contribution is -2.40. The summed E-state index contributed by atoms with van der Waals surface area (Å²) in [6.45, 7) is 0. The third kappa shape index (κ3) is 3.16. The highest BCUT2D eigenvalue weighted by atomic mass is 79.9. The fourth-order valence-corrected chi connectivity index (χ4v) is 3.51. The summed E-state index contributed by atoms with van der Waals surface area (Å²) in [5.74, 6) is 0.979. The van der Waals surface area contributed by atoms with Gasteiger partial charge in [-0.25, -0.2) is 4.98 Å². The Hall–Kier alpha value is -0.320. The van der Waals surface area contributed by atoms with Crippen LogP contribution < -0.4 is 10.2 Å². The van der Waals surface area contributed by atoms with E-state index >= 15 is 0 Å². The highest BCUT2D eigenvalue weighted by Crippen LogP contribution is 2.31. The van der Waals surface area contributed by atoms with Crippen molar-refractivity contribution in [1.29, 1.82) is 0 Å². The zero-order valence-electron chi connectivity index (χ0n) is 10.8. The lowest BCUT2D eigenvalue weighted by atomic mass is 9.90. The minimum atomic E-state index is 0.569. The zero-order chi connectivity index (χ0) is 13.1. The van der Waals surface area contributed by atoms with Gasteiger partial charge in [0, 0.05) is 25.3 Å². The molecule has 1 aliphatic carbocycles. The van der Waals surface area contributed by atoms with Gasteiger partial charge in [-0.3, -0.25) is 0 Å². The summed E-state index contributed by atoms with van der Waals surface area (Å²) in [6, 6.07) is 3.15. The summed E-state index contributed by atoms with van der Waals surface area (Å²) in [5, 5.41) is 4.03. The van der Waals surface area contributed by atoms with Crippen molar-refractivity contribution in [3.63, 3.8) is 0 Å². The van der Waals surface area contributed by atoms with Gasteiger partial charge in [0.2, 0.25) is 0 Å². The number of nitrogens with zero attached hydrogens (tertiary/aromatic N) is 2. The van der Waals surface area contributed by atoms with E-state index in [2.05, 4.69) is 38.2 Å². The summed E-state index contributed by atoms with van der Waals surface area (Å²) in [5.41, 5.74) is 0. The van der Waals surface area contributed by atoms with Crippen molar-refractivity contribution in [3.05, 3.63) is 21.8 Å². The van der Waals surface area contributed by atoms with Gasteiger partial charge in [-0.05, 0) is 54.7 Å². The van der Waals surface area contributed by atoms with Crippen molar-refractivity contribution in [2.75, 3.05) is 19.0 Å². The van der Waals surface area contributed by atoms with Gasteiger partial charge < -0.3 is 10.2 Å². The van der Waals surface area contributed by atoms with E-state index in [0.29, 0.717) is 17.1 Å². The number of hydrogen-bond acceptors (Lipinski definition) is 3. The number of hydrogen-bond donors (Lipinski definition) is 1. The van der Waals surface area contributed by atoms with Crippen molar-refractivity contribution >= 4 is 33.3 Å². The second-order valence-electron chi connectivity index (χ2n) is 4.86. The van der Waals surface area contributed by atoms with Gasteiger partial charge in [-0.1, -0.05) is 11.6 Å². The molecular formula is C13H19BrClN3. The number of aromatic nitrogens is 1. The molecule has 1 saturated carbocycles. The van der Waals surface area contributed by atoms with Crippen molar-refractivity contribution in [3.8, 4) is 0 Å². The Balaban J connectivity index is 2.05. The topological polar surface area (TPSA) is 28.2 Å². The molecule has 0 bridgehead atoms. The molecule has 1 aromatic heterocycles. The van der Waals surface area contributed by atoms with E-state index in [9.17, 15) is 0 Å². The summed E-state index contributed by atoms with van der Waals surface area (Å²) >= 11 is 9.46. The van der Waals surface area contributed by atoms with Gasteiger partial charge in [0.1, 0.15) is 5.82 Å². The first kappa shape index (κ1) is 14.1. The van der Waals surface area contributed by atoms with Crippen molar-refractivity contribution in [2.45, 2.75) is 37.8 Å². The Labute approximate surface area is 122 Å². The van der Waals surface area contributed by atoms with Crippen molar-refractivity contribution in [1.82, 2.24) is 10.3 Å². The highest BCUT2D eigenvalue weighted by Gasteiger charge is 2.24. The van der Waals surface area contributed by atoms with Crippen LogP contribution in [0.2, 0.25) is 5.02 Å². The molecule has 1 fully saturated rings. The average molecular weight is 333 g/mol. The van der Waals surface area contributed by atoms with E-state index in [4.69, 9.17) is 11.6 Å². The lowest BCUT2D eigenvalue weighted by molar-refractivity contribution is 0.350. The molecule has 0 amide bonds. The third-order valence-corrected chi connectivity index (χ3v) is 4.57. The first-order valence-corrected chi connectivity index (χ1v) is 7.50. The Kier molecular flexibility index (Phi) is 4.87. The van der Waals surface area contributed by atoms with Gasteiger partial charge in [-0.2, -0.15) is 0 Å². The summed E-state index contributed by atoms with van der Waals surface area (Å²) in [7, 11) is 4.16. The quantitative estimate of drug-likeness (QED) is 0.918. The number of nitrogens with one attached hydrogen (secondary N) is 1. The predicted octanol–water partition coefficient (Wildman–Crippen LogP) is 3.46. The normalized spacial score (nSPS) is 24.0. The molecule has 0 aliphatic heterocycles. The molecule has 1 heterocycles. The van der Waals surface area contributed by atoms with Crippen LogP contribution in [0.5, 0.6) is 0 Å². The van der Waals surface area contributed by atoms with E-state index in [-0.39, 0.29) is 0 Å². The number of rotatable bonds is 3. The molecule has 1 aliphatic rings. The van der Waals surface area contributed by atoms with Gasteiger partial charge in [0.15, 0.2) is 0 Å². The summed E-state index contributed by atoms with van der Waals surface area (Å²) in [4.78, 5) is 6.69. The lowest BCUT2D eigenvalue weighted by Gasteiger charge is -2.35. The first-order chi connectivity index (χ1) is 8.61. The summed E-state index contributed by atoms with van der Waals surface area (Å²) < 4.78 is 0.966. The molecule has 0 unspecified atom stereocenters. The Morgan fingerprint density at radius 1 is 1.39 bits per heavy atom. The largest absolute Gasteiger partial charge is 0.356 e. The average Bonchev–Trinajstić information content (AvgIpc) is 2.38. The standard InChI is InChI=1S/C13H19BrClN3/c1-16-10-3-5-11(6-4-10)18(2)13-12(14)7-9(15)8-17-13/h7-8,10-11,16H,3-6H2,1-2H3. The minimum absolute atomic E-state index is 0.569. The molecule has 1 aromatic rings. The minimum Gasteiger partial charge on any atom is -0.356 e. The number of anilines is 1. The molecule has 0 atom stereocenters. The smallest absolute Gasteiger partial charge is 0.142 e. The maximum Gasteiger partial charge on any atom is 0.142 e. The Morgan fingerprint density at radius 3 is 2.61 bits per heavy atom. The summed E-state index contributed by atoms with van der Waals surface area (Å²) in [6.07, 6.45) is 6.59. The molecule has 1 N–H and O–H groups in total. The van der Waals surface area contributed by atoms with Gasteiger partial charge in [0.05, 0.1) is 9.50 Å². The predicted molar refractivity (Wildman–Crippen MR) is 80.5 cm³/mol. The first-order valence-electron chi connectivity index (χ1n) is 6.33. The molecule has 0 spiro atoms. The highest BCUT2D eigenvalue weighted by molar-refractivity contribution is 9.10. The van der Waals surface area contributed by atoms with E-state index < -0.39 is 0 Å². The van der Waals surface area contributed by atoms with Crippen LogP contribution in [0.25, 0.3) is 0 Å². The SMILES string of the molecule is CNC1CCC(N(C)c2ncc(Cl)cc2Br)CC1. The van der Waals surface area contributed by atoms with E-state index in [1.807, 2.05) is 13.1 Å². The van der Waals surface area contributed by atoms with Crippen LogP contribution in [0, 0.1) is 0 Å². The molecular weight excluding hydrogens is 314 g/mol. The van der Waals surface area contributed by atoms with Crippen LogP contribution in [0.1, 0.15) is 25.7 Å². The molecule has 3 nitrogen and oxygen atoms in total. The van der Waals surface area contributed by atoms with Gasteiger partial charge in [-0.15, -0.1) is 0 Å². The molecule has 0 saturated heterocycles. The molecule has 0 radical (unpaired) electrons. The van der Waals surface area contributed by atoms with Crippen molar-refractivity contribution in [2.24, 2.45) is 0 Å². The molecule has 2 rings (SSSR count). The van der Waals surface area contributed by atoms with Crippen LogP contribution in [0.3, 0.4) is 0 Å². The van der Waals surface area contributed by atoms with Crippen LogP contribution >= 0.6 is 27.5 Å². The fourth-order valence-electron chi connectivity index (χ4n) is 2.59. The number of pyridine rings is 1. The second kappa shape index (κ2) is 6.22. The molecule has 100 valence electrons. The Morgan fingerprint density at radius 2 is 2.06 bits per heavy atom. The van der Waals surface area contributed by atoms with Gasteiger partial charge >= 0.3 is 0 Å². The third-order valence-electron chi connectivity index (χ3n) is 3.78. The molecule has 5 heteroatoms. The van der Waals surface area contributed by atoms with Crippen LogP contribution in [0.4, 0.5) is 5.82 Å². The fraction of sp³-hybridized carbons (Fsp3) is 0.615. The zero-order valence-corrected chi connectivity index (χ0v) is 13.1. The van der Waals surface area contributed by atoms with Gasteiger partial charge in [0.25, 0.3) is 0 Å². The van der Waals surface area contributed by atoms with Crippen LogP contribution in [-0.2, 0) is 0 Å². The number of halogens is 2. The van der Waals surface area contributed by atoms with E-state index in [1.165, 1.54) is 25.7 Å². The maximum absolute atomic E-state index is 5.93. The molecule has 0 aromatic carbocycles. The second-order valence-corrected chi connectivity index (χ2v) is 6.15.